The van der Waals surface area contributed by atoms with Gasteiger partial charge in [0.1, 0.15) is 11.4 Å². The van der Waals surface area contributed by atoms with Crippen LogP contribution < -0.4 is 0 Å². The summed E-state index contributed by atoms with van der Waals surface area (Å²) < 4.78 is 37.9. The van der Waals surface area contributed by atoms with Gasteiger partial charge in [-0.15, -0.1) is 0 Å². The van der Waals surface area contributed by atoms with Gasteiger partial charge in [0.15, 0.2) is 5.76 Å². The highest BCUT2D eigenvalue weighted by Gasteiger charge is 2.19. The van der Waals surface area contributed by atoms with E-state index in [4.69, 9.17) is 26.9 Å². The highest BCUT2D eigenvalue weighted by atomic mass is 32.3. The average molecular weight is 446 g/mol. The molecule has 0 aliphatic heterocycles. The molecule has 32 heavy (non-hydrogen) atoms. The van der Waals surface area contributed by atoms with Crippen molar-refractivity contribution >= 4 is 21.2 Å². The Bertz CT molecular complexity index is 1380. The van der Waals surface area contributed by atoms with Crippen molar-refractivity contribution in [3.63, 3.8) is 0 Å². The normalized spacial score (nSPS) is 11.1. The van der Waals surface area contributed by atoms with E-state index in [-0.39, 0.29) is 0 Å². The number of nitrogens with zero attached hydrogens (tertiary/aromatic N) is 2. The molecular formula is C24H18N2O5S. The molecule has 0 bridgehead atoms. The molecule has 0 aliphatic rings. The van der Waals surface area contributed by atoms with Gasteiger partial charge in [0, 0.05) is 22.7 Å². The van der Waals surface area contributed by atoms with E-state index in [0.29, 0.717) is 5.89 Å². The maximum Gasteiger partial charge on any atom is 0.394 e. The molecule has 0 unspecified atom stereocenters. The molecule has 0 aliphatic carbocycles. The number of rotatable bonds is 3. The van der Waals surface area contributed by atoms with Crippen molar-refractivity contribution < 1.29 is 21.9 Å². The van der Waals surface area contributed by atoms with E-state index in [1.165, 1.54) is 0 Å². The fourth-order valence-corrected chi connectivity index (χ4v) is 3.29. The zero-order valence-electron chi connectivity index (χ0n) is 16.7. The van der Waals surface area contributed by atoms with Crippen LogP contribution in [0.25, 0.3) is 44.9 Å². The van der Waals surface area contributed by atoms with E-state index >= 15 is 0 Å². The van der Waals surface area contributed by atoms with Gasteiger partial charge in [-0.3, -0.25) is 14.1 Å². The molecule has 0 saturated carbocycles. The van der Waals surface area contributed by atoms with Crippen LogP contribution in [0.5, 0.6) is 0 Å². The lowest BCUT2D eigenvalue weighted by atomic mass is 10.1. The lowest BCUT2D eigenvalue weighted by Gasteiger charge is -2.01. The Hall–Kier alpha value is -3.85. The molecule has 2 heterocycles. The van der Waals surface area contributed by atoms with Gasteiger partial charge in [-0.05, 0) is 11.5 Å². The van der Waals surface area contributed by atoms with Crippen LogP contribution in [0.15, 0.2) is 102 Å². The summed E-state index contributed by atoms with van der Waals surface area (Å²) in [6.45, 7) is 0. The first kappa shape index (κ1) is 21.4. The molecule has 0 fully saturated rings. The number of hydrogen-bond donors (Lipinski definition) is 2. The topological polar surface area (TPSA) is 114 Å². The van der Waals surface area contributed by atoms with Crippen molar-refractivity contribution in [3.05, 3.63) is 97.2 Å². The van der Waals surface area contributed by atoms with Crippen LogP contribution in [0.4, 0.5) is 0 Å². The Kier molecular flexibility index (Phi) is 6.09. The van der Waals surface area contributed by atoms with Crippen molar-refractivity contribution in [2.24, 2.45) is 0 Å². The standard InChI is InChI=1S/C24H16N2O.H2O4S/c1-3-10-18(11-4-1)21-23(19-12-5-2-6-13-19)27-24(26-21)22-20-14-8-7-9-17(20)15-16-25-22;1-5(2,3)4/h1-16H;(H2,1,2,3,4). The first-order valence-electron chi connectivity index (χ1n) is 9.56. The van der Waals surface area contributed by atoms with Gasteiger partial charge in [-0.2, -0.15) is 8.42 Å². The number of oxazole rings is 1. The van der Waals surface area contributed by atoms with E-state index in [1.807, 2.05) is 84.9 Å². The van der Waals surface area contributed by atoms with Crippen LogP contribution in [-0.2, 0) is 10.4 Å². The van der Waals surface area contributed by atoms with Crippen LogP contribution in [0, 0.1) is 0 Å². The fraction of sp³-hybridized carbons (Fsp3) is 0. The first-order valence-corrected chi connectivity index (χ1v) is 11.0. The van der Waals surface area contributed by atoms with Gasteiger partial charge in [-0.25, -0.2) is 4.98 Å². The van der Waals surface area contributed by atoms with Gasteiger partial charge >= 0.3 is 10.4 Å². The van der Waals surface area contributed by atoms with Crippen molar-refractivity contribution in [2.45, 2.75) is 0 Å². The van der Waals surface area contributed by atoms with Gasteiger partial charge < -0.3 is 4.42 Å². The van der Waals surface area contributed by atoms with E-state index < -0.39 is 10.4 Å². The summed E-state index contributed by atoms with van der Waals surface area (Å²) in [4.78, 5) is 9.41. The maximum atomic E-state index is 8.74. The first-order chi connectivity index (χ1) is 15.4. The highest BCUT2D eigenvalue weighted by Crippen LogP contribution is 2.36. The van der Waals surface area contributed by atoms with E-state index in [0.717, 1.165) is 39.0 Å². The van der Waals surface area contributed by atoms with Crippen LogP contribution in [0.2, 0.25) is 0 Å². The summed E-state index contributed by atoms with van der Waals surface area (Å²) >= 11 is 0. The Morgan fingerprint density at radius 2 is 1.25 bits per heavy atom. The Balaban J connectivity index is 0.000000444. The summed E-state index contributed by atoms with van der Waals surface area (Å²) in [5.41, 5.74) is 3.60. The third kappa shape index (κ3) is 5.06. The highest BCUT2D eigenvalue weighted by molar-refractivity contribution is 7.79. The Labute approximate surface area is 184 Å². The predicted octanol–water partition coefficient (Wildman–Crippen LogP) is 5.57. The summed E-state index contributed by atoms with van der Waals surface area (Å²) in [7, 11) is -4.67. The van der Waals surface area contributed by atoms with Crippen molar-refractivity contribution in [3.8, 4) is 34.2 Å². The minimum Gasteiger partial charge on any atom is -0.434 e. The summed E-state index contributed by atoms with van der Waals surface area (Å²) in [6.07, 6.45) is 1.80. The van der Waals surface area contributed by atoms with E-state index in [9.17, 15) is 0 Å². The molecular weight excluding hydrogens is 428 g/mol. The minimum atomic E-state index is -4.67. The smallest absolute Gasteiger partial charge is 0.394 e. The molecule has 2 N–H and O–H groups in total. The minimum absolute atomic E-state index is 0.532. The van der Waals surface area contributed by atoms with Gasteiger partial charge in [0.25, 0.3) is 0 Å². The van der Waals surface area contributed by atoms with Gasteiger partial charge in [-0.1, -0.05) is 84.9 Å². The zero-order chi connectivity index (χ0) is 22.6. The second-order valence-electron chi connectivity index (χ2n) is 6.76. The molecule has 0 spiro atoms. The van der Waals surface area contributed by atoms with E-state index in [2.05, 4.69) is 11.1 Å². The van der Waals surface area contributed by atoms with Crippen molar-refractivity contribution in [1.29, 1.82) is 0 Å². The molecule has 2 aromatic heterocycles. The molecule has 5 aromatic rings. The largest absolute Gasteiger partial charge is 0.434 e. The molecule has 3 aromatic carbocycles. The predicted molar refractivity (Wildman–Crippen MR) is 122 cm³/mol. The van der Waals surface area contributed by atoms with E-state index in [1.54, 1.807) is 6.20 Å². The second-order valence-corrected chi connectivity index (χ2v) is 7.65. The zero-order valence-corrected chi connectivity index (χ0v) is 17.5. The quantitative estimate of drug-likeness (QED) is 0.348. The molecule has 0 saturated heterocycles. The number of aromatic nitrogens is 2. The summed E-state index contributed by atoms with van der Waals surface area (Å²) in [5.74, 6) is 1.29. The fourth-order valence-electron chi connectivity index (χ4n) is 3.29. The third-order valence-electron chi connectivity index (χ3n) is 4.59. The third-order valence-corrected chi connectivity index (χ3v) is 4.59. The lowest BCUT2D eigenvalue weighted by molar-refractivity contribution is 0.381. The molecule has 0 radical (unpaired) electrons. The molecule has 8 heteroatoms. The molecule has 0 amide bonds. The molecule has 160 valence electrons. The summed E-state index contributed by atoms with van der Waals surface area (Å²) in [6, 6.07) is 30.3. The van der Waals surface area contributed by atoms with Crippen LogP contribution in [0.1, 0.15) is 0 Å². The van der Waals surface area contributed by atoms with Crippen LogP contribution in [0.3, 0.4) is 0 Å². The molecule has 7 nitrogen and oxygen atoms in total. The number of benzene rings is 3. The Morgan fingerprint density at radius 1 is 0.688 bits per heavy atom. The lowest BCUT2D eigenvalue weighted by Crippen LogP contribution is -1.89. The number of pyridine rings is 1. The van der Waals surface area contributed by atoms with Crippen molar-refractivity contribution in [2.75, 3.05) is 0 Å². The molecule has 0 atom stereocenters. The number of fused-ring (bicyclic) bond motifs is 1. The monoisotopic (exact) mass is 446 g/mol. The second kappa shape index (κ2) is 9.11. The summed E-state index contributed by atoms with van der Waals surface area (Å²) in [5, 5.41) is 2.14. The molecule has 5 rings (SSSR count). The van der Waals surface area contributed by atoms with Gasteiger partial charge in [0.05, 0.1) is 0 Å². The van der Waals surface area contributed by atoms with Crippen molar-refractivity contribution in [1.82, 2.24) is 9.97 Å². The van der Waals surface area contributed by atoms with Crippen LogP contribution >= 0.6 is 0 Å². The Morgan fingerprint density at radius 3 is 1.91 bits per heavy atom. The average Bonchev–Trinajstić information content (AvgIpc) is 3.24. The van der Waals surface area contributed by atoms with Gasteiger partial charge in [0.2, 0.25) is 5.89 Å². The number of hydrogen-bond acceptors (Lipinski definition) is 5. The maximum absolute atomic E-state index is 8.74. The van der Waals surface area contributed by atoms with Crippen LogP contribution in [-0.4, -0.2) is 27.5 Å². The SMILES string of the molecule is O=S(=O)(O)O.c1ccc(-c2nc(-c3nccc4ccccc34)oc2-c2ccccc2)cc1.